The van der Waals surface area contributed by atoms with Crippen LogP contribution in [0.4, 0.5) is 0 Å². The van der Waals surface area contributed by atoms with Gasteiger partial charge in [-0.15, -0.1) is 0 Å². The second-order valence-electron chi connectivity index (χ2n) is 7.35. The van der Waals surface area contributed by atoms with E-state index in [4.69, 9.17) is 20.5 Å². The van der Waals surface area contributed by atoms with Crippen molar-refractivity contribution in [2.45, 2.75) is 32.8 Å². The lowest BCUT2D eigenvalue weighted by Gasteiger charge is -2.17. The van der Waals surface area contributed by atoms with E-state index in [-0.39, 0.29) is 29.9 Å². The van der Waals surface area contributed by atoms with Gasteiger partial charge in [0.2, 0.25) is 5.91 Å². The highest BCUT2D eigenvalue weighted by Crippen LogP contribution is 2.32. The molecule has 2 heterocycles. The number of carbonyl (C=O) groups is 2. The van der Waals surface area contributed by atoms with Crippen LogP contribution in [-0.2, 0) is 4.79 Å². The van der Waals surface area contributed by atoms with Gasteiger partial charge < -0.3 is 20.1 Å². The highest BCUT2D eigenvalue weighted by atomic mass is 16.5. The average Bonchev–Trinajstić information content (AvgIpc) is 3.14. The van der Waals surface area contributed by atoms with E-state index < -0.39 is 5.91 Å². The van der Waals surface area contributed by atoms with Crippen LogP contribution in [0.1, 0.15) is 37.0 Å². The Bertz CT molecular complexity index is 967. The first-order valence-electron chi connectivity index (χ1n) is 9.55. The molecule has 1 aromatic heterocycles. The first-order valence-corrected chi connectivity index (χ1v) is 9.55. The number of pyridine rings is 1. The number of rotatable bonds is 7. The number of nitrogens with two attached hydrogens (primary N) is 1. The SMILES string of the molecule is CC(C)Oc1cc2c(OCC3CCN(C(=O)CC#N)C3)ccnc2cc1C(N)=O. The zero-order valence-electron chi connectivity index (χ0n) is 16.6. The highest BCUT2D eigenvalue weighted by molar-refractivity contribution is 6.01. The minimum absolute atomic E-state index is 0.0939. The van der Waals surface area contributed by atoms with Gasteiger partial charge in [0.1, 0.15) is 17.9 Å². The number of ether oxygens (including phenoxy) is 2. The van der Waals surface area contributed by atoms with Gasteiger partial charge in [-0.25, -0.2) is 0 Å². The summed E-state index contributed by atoms with van der Waals surface area (Å²) in [6.07, 6.45) is 2.22. The third-order valence-electron chi connectivity index (χ3n) is 4.77. The number of fused-ring (bicyclic) bond motifs is 1. The quantitative estimate of drug-likeness (QED) is 0.767. The monoisotopic (exact) mass is 396 g/mol. The van der Waals surface area contributed by atoms with Crippen molar-refractivity contribution in [3.05, 3.63) is 30.0 Å². The molecule has 152 valence electrons. The fraction of sp³-hybridized carbons (Fsp3) is 0.429. The number of nitrogens with zero attached hydrogens (tertiary/aromatic N) is 3. The van der Waals surface area contributed by atoms with Crippen LogP contribution in [0, 0.1) is 17.2 Å². The molecule has 3 rings (SSSR count). The zero-order chi connectivity index (χ0) is 21.0. The molecule has 2 aromatic rings. The summed E-state index contributed by atoms with van der Waals surface area (Å²) in [4.78, 5) is 29.7. The summed E-state index contributed by atoms with van der Waals surface area (Å²) in [6, 6.07) is 7.00. The van der Waals surface area contributed by atoms with Crippen LogP contribution in [0.15, 0.2) is 24.4 Å². The van der Waals surface area contributed by atoms with Crippen LogP contribution in [-0.4, -0.2) is 47.5 Å². The van der Waals surface area contributed by atoms with Crippen molar-refractivity contribution in [2.24, 2.45) is 11.7 Å². The minimum Gasteiger partial charge on any atom is -0.492 e. The van der Waals surface area contributed by atoms with Crippen molar-refractivity contribution in [2.75, 3.05) is 19.7 Å². The average molecular weight is 396 g/mol. The smallest absolute Gasteiger partial charge is 0.252 e. The number of likely N-dealkylation sites (tertiary alicyclic amines) is 1. The van der Waals surface area contributed by atoms with E-state index >= 15 is 0 Å². The third kappa shape index (κ3) is 4.74. The van der Waals surface area contributed by atoms with Crippen LogP contribution in [0.2, 0.25) is 0 Å². The lowest BCUT2D eigenvalue weighted by molar-refractivity contribution is -0.129. The third-order valence-corrected chi connectivity index (χ3v) is 4.77. The number of benzene rings is 1. The van der Waals surface area contributed by atoms with Crippen LogP contribution >= 0.6 is 0 Å². The van der Waals surface area contributed by atoms with E-state index in [0.29, 0.717) is 36.7 Å². The van der Waals surface area contributed by atoms with Gasteiger partial charge in [-0.1, -0.05) is 0 Å². The molecule has 0 spiro atoms. The molecule has 2 N–H and O–H groups in total. The van der Waals surface area contributed by atoms with E-state index in [1.54, 1.807) is 29.3 Å². The summed E-state index contributed by atoms with van der Waals surface area (Å²) in [6.45, 7) is 5.40. The summed E-state index contributed by atoms with van der Waals surface area (Å²) in [7, 11) is 0. The standard InChI is InChI=1S/C21H24N4O4/c1-13(2)29-19-10-15-17(9-16(19)21(23)27)24-7-4-18(15)28-12-14-5-8-25(11-14)20(26)3-6-22/h4,7,9-10,13-14H,3,5,8,11-12H2,1-2H3,(H2,23,27). The second-order valence-corrected chi connectivity index (χ2v) is 7.35. The van der Waals surface area contributed by atoms with Gasteiger partial charge in [0.05, 0.1) is 29.9 Å². The molecule has 1 unspecified atom stereocenters. The van der Waals surface area contributed by atoms with Crippen LogP contribution in [0.3, 0.4) is 0 Å². The number of primary amides is 1. The molecule has 1 fully saturated rings. The van der Waals surface area contributed by atoms with E-state index in [2.05, 4.69) is 4.98 Å². The Kier molecular flexibility index (Phi) is 6.17. The number of carbonyl (C=O) groups excluding carboxylic acids is 2. The minimum atomic E-state index is -0.580. The number of nitriles is 1. The van der Waals surface area contributed by atoms with Crippen LogP contribution in [0.25, 0.3) is 10.9 Å². The van der Waals surface area contributed by atoms with Gasteiger partial charge in [-0.3, -0.25) is 14.6 Å². The van der Waals surface area contributed by atoms with Gasteiger partial charge >= 0.3 is 0 Å². The molecule has 29 heavy (non-hydrogen) atoms. The number of hydrogen-bond acceptors (Lipinski definition) is 6. The lowest BCUT2D eigenvalue weighted by atomic mass is 10.1. The van der Waals surface area contributed by atoms with Crippen molar-refractivity contribution >= 4 is 22.7 Å². The summed E-state index contributed by atoms with van der Waals surface area (Å²) >= 11 is 0. The largest absolute Gasteiger partial charge is 0.492 e. The molecule has 1 saturated heterocycles. The van der Waals surface area contributed by atoms with Crippen LogP contribution < -0.4 is 15.2 Å². The van der Waals surface area contributed by atoms with E-state index in [1.807, 2.05) is 19.9 Å². The molecule has 8 heteroatoms. The maximum Gasteiger partial charge on any atom is 0.252 e. The molecule has 2 amide bonds. The molecule has 1 aliphatic rings. The topological polar surface area (TPSA) is 119 Å². The van der Waals surface area contributed by atoms with E-state index in [1.165, 1.54) is 0 Å². The summed E-state index contributed by atoms with van der Waals surface area (Å²) in [5.41, 5.74) is 6.35. The van der Waals surface area contributed by atoms with Gasteiger partial charge in [0, 0.05) is 30.6 Å². The summed E-state index contributed by atoms with van der Waals surface area (Å²) in [5.74, 6) is 0.494. The second kappa shape index (κ2) is 8.78. The van der Waals surface area contributed by atoms with Gasteiger partial charge in [-0.05, 0) is 38.5 Å². The molecule has 1 aromatic carbocycles. The van der Waals surface area contributed by atoms with Crippen molar-refractivity contribution in [1.82, 2.24) is 9.88 Å². The number of amides is 2. The first kappa shape index (κ1) is 20.4. The zero-order valence-corrected chi connectivity index (χ0v) is 16.6. The molecule has 1 atom stereocenters. The molecule has 0 radical (unpaired) electrons. The Balaban J connectivity index is 1.79. The first-order chi connectivity index (χ1) is 13.9. The van der Waals surface area contributed by atoms with Gasteiger partial charge in [-0.2, -0.15) is 5.26 Å². The molecule has 0 bridgehead atoms. The maximum absolute atomic E-state index is 11.9. The van der Waals surface area contributed by atoms with Crippen LogP contribution in [0.5, 0.6) is 11.5 Å². The summed E-state index contributed by atoms with van der Waals surface area (Å²) in [5, 5.41) is 9.40. The van der Waals surface area contributed by atoms with Crippen molar-refractivity contribution < 1.29 is 19.1 Å². The Hall–Kier alpha value is -3.34. The Morgan fingerprint density at radius 1 is 1.38 bits per heavy atom. The van der Waals surface area contributed by atoms with Crippen molar-refractivity contribution in [3.8, 4) is 17.6 Å². The van der Waals surface area contributed by atoms with Gasteiger partial charge in [0.15, 0.2) is 0 Å². The van der Waals surface area contributed by atoms with E-state index in [0.717, 1.165) is 11.8 Å². The Labute approximate surface area is 169 Å². The Morgan fingerprint density at radius 2 is 2.17 bits per heavy atom. The fourth-order valence-electron chi connectivity index (χ4n) is 3.40. The molecule has 1 aliphatic heterocycles. The summed E-state index contributed by atoms with van der Waals surface area (Å²) < 4.78 is 11.8. The van der Waals surface area contributed by atoms with E-state index in [9.17, 15) is 9.59 Å². The molecule has 0 saturated carbocycles. The van der Waals surface area contributed by atoms with Crippen molar-refractivity contribution in [1.29, 1.82) is 5.26 Å². The predicted octanol–water partition coefficient (Wildman–Crippen LogP) is 2.26. The van der Waals surface area contributed by atoms with Gasteiger partial charge in [0.25, 0.3) is 5.91 Å². The Morgan fingerprint density at radius 3 is 2.86 bits per heavy atom. The fourth-order valence-corrected chi connectivity index (χ4v) is 3.40. The maximum atomic E-state index is 11.9. The number of aromatic nitrogens is 1. The normalized spacial score (nSPS) is 16.1. The highest BCUT2D eigenvalue weighted by Gasteiger charge is 2.26. The predicted molar refractivity (Wildman–Crippen MR) is 106 cm³/mol. The van der Waals surface area contributed by atoms with Crippen molar-refractivity contribution in [3.63, 3.8) is 0 Å². The molecule has 8 nitrogen and oxygen atoms in total. The molecular formula is C21H24N4O4. The number of hydrogen-bond donors (Lipinski definition) is 1. The lowest BCUT2D eigenvalue weighted by Crippen LogP contribution is -2.28. The molecular weight excluding hydrogens is 372 g/mol. The molecule has 0 aliphatic carbocycles.